The molecule has 6 rings (SSSR count). The minimum absolute atomic E-state index is 0.107. The Kier molecular flexibility index (Phi) is 19.7. The van der Waals surface area contributed by atoms with Crippen molar-refractivity contribution in [3.8, 4) is 0 Å². The average Bonchev–Trinajstić information content (AvgIpc) is 3.29. The Hall–Kier alpha value is 0.740. The smallest absolute Gasteiger partial charge is 0.307 e. The van der Waals surface area contributed by atoms with Crippen LogP contribution in [0.25, 0.3) is 0 Å². The molecule has 0 radical (unpaired) electrons. The van der Waals surface area contributed by atoms with Crippen molar-refractivity contribution in [2.75, 3.05) is 144 Å². The Morgan fingerprint density at radius 2 is 0.486 bits per heavy atom. The summed E-state index contributed by atoms with van der Waals surface area (Å²) in [7, 11) is -23.0. The third-order valence-corrected chi connectivity index (χ3v) is 26.3. The molecule has 0 aromatic rings. The van der Waals surface area contributed by atoms with Crippen LogP contribution in [0.3, 0.4) is 0 Å². The van der Waals surface area contributed by atoms with Crippen molar-refractivity contribution in [1.82, 2.24) is 19.6 Å². The second kappa shape index (κ2) is 22.8. The lowest BCUT2D eigenvalue weighted by Crippen LogP contribution is -2.53. The van der Waals surface area contributed by atoms with E-state index in [9.17, 15) is 27.4 Å². The topological polar surface area (TPSA) is 226 Å². The van der Waals surface area contributed by atoms with Crippen LogP contribution in [-0.2, 0) is 81.7 Å². The van der Waals surface area contributed by atoms with E-state index in [-0.39, 0.29) is 155 Å². The van der Waals surface area contributed by atoms with Gasteiger partial charge in [-0.1, -0.05) is 83.1 Å². The Morgan fingerprint density at radius 3 is 0.730 bits per heavy atom. The number of hydrogen-bond donors (Lipinski definition) is 0. The minimum Gasteiger partial charge on any atom is -0.307 e. The van der Waals surface area contributed by atoms with E-state index in [0.717, 1.165) is 0 Å². The molecule has 6 saturated heterocycles. The van der Waals surface area contributed by atoms with Crippen molar-refractivity contribution in [3.05, 3.63) is 0 Å². The Labute approximate surface area is 442 Å². The fraction of sp³-hybridized carbons (Fsp3) is 1.00. The van der Waals surface area contributed by atoms with Crippen molar-refractivity contribution in [1.29, 1.82) is 0 Å². The largest absolute Gasteiger partial charge is 0.350 e. The predicted octanol–water partition coefficient (Wildman–Crippen LogP) is 11.1. The highest BCUT2D eigenvalue weighted by atomic mass is 31.2. The standard InChI is InChI=1S/C46H92N4O18P6/c1-39(2)23-57-69(51,58-24-39)35-48(36-70(52)59-25-40(3,4)26-60-70)18-17-47(19-21-49(37-71(53)61-27-41(5,6)28-62-71)45(13,14)73(55)65-31-43(9,10)32-66-73)20-22-50(38-72(54)63-29-42(7,8)30-64-72)46(15,16)74(56)67-33-44(11,12)34-68-74/h17-38H2,1-16H3. The van der Waals surface area contributed by atoms with E-state index in [1.165, 1.54) is 0 Å². The SMILES string of the molecule is CC1(C)COP(=O)(CN(CCN(CCN(CP2(=O)OCC(C)(C)CO2)C(C)(C)P2(=O)OCC(C)(C)CO2)CCN(CP2(=O)OCC(C)(C)CO2)C(C)(C)P2(=O)OCC(C)(C)CO2)CP2(=O)OCC(C)(C)CO2)OC1. The van der Waals surface area contributed by atoms with E-state index in [4.69, 9.17) is 54.3 Å². The molecular weight excluding hydrogens is 1080 g/mol. The van der Waals surface area contributed by atoms with Gasteiger partial charge in [-0.25, -0.2) is 0 Å². The summed E-state index contributed by atoms with van der Waals surface area (Å²) >= 11 is 0. The number of hydrogen-bond acceptors (Lipinski definition) is 22. The summed E-state index contributed by atoms with van der Waals surface area (Å²) in [6.45, 7) is 33.5. The maximum absolute atomic E-state index is 14.9. The van der Waals surface area contributed by atoms with Crippen LogP contribution in [0.15, 0.2) is 0 Å². The first kappa shape index (κ1) is 63.9. The van der Waals surface area contributed by atoms with Crippen LogP contribution in [0, 0.1) is 32.5 Å². The summed E-state index contributed by atoms with van der Waals surface area (Å²) in [5.74, 6) is 0. The normalized spacial score (nSPS) is 28.5. The second-order valence-corrected chi connectivity index (χ2v) is 40.3. The van der Waals surface area contributed by atoms with E-state index in [1.807, 2.05) is 83.1 Å². The Bertz CT molecular complexity index is 2040. The van der Waals surface area contributed by atoms with Gasteiger partial charge in [-0.2, -0.15) is 0 Å². The highest BCUT2D eigenvalue weighted by Crippen LogP contribution is 2.68. The summed E-state index contributed by atoms with van der Waals surface area (Å²) in [6, 6.07) is 0. The van der Waals surface area contributed by atoms with E-state index in [1.54, 1.807) is 42.4 Å². The van der Waals surface area contributed by atoms with Gasteiger partial charge in [-0.15, -0.1) is 0 Å². The first-order valence-electron chi connectivity index (χ1n) is 25.8. The minimum atomic E-state index is -3.94. The molecule has 0 saturated carbocycles. The van der Waals surface area contributed by atoms with Crippen molar-refractivity contribution >= 4 is 45.6 Å². The Balaban J connectivity index is 1.35. The van der Waals surface area contributed by atoms with Crippen molar-refractivity contribution in [2.45, 2.75) is 121 Å². The molecule has 0 unspecified atom stereocenters. The van der Waals surface area contributed by atoms with E-state index in [2.05, 4.69) is 4.90 Å². The molecule has 0 atom stereocenters. The molecule has 0 spiro atoms. The van der Waals surface area contributed by atoms with Gasteiger partial charge in [-0.05, 0) is 27.7 Å². The van der Waals surface area contributed by atoms with Crippen LogP contribution in [0.4, 0.5) is 0 Å². The molecule has 6 fully saturated rings. The van der Waals surface area contributed by atoms with Gasteiger partial charge in [0.1, 0.15) is 35.7 Å². The van der Waals surface area contributed by atoms with Crippen LogP contribution in [-0.4, -0.2) is 174 Å². The molecule has 0 aliphatic carbocycles. The zero-order chi connectivity index (χ0) is 55.4. The summed E-state index contributed by atoms with van der Waals surface area (Å²) < 4.78 is 160. The van der Waals surface area contributed by atoms with Gasteiger partial charge in [0.05, 0.1) is 79.3 Å². The molecule has 0 N–H and O–H groups in total. The number of rotatable bonds is 21. The van der Waals surface area contributed by atoms with Gasteiger partial charge >= 0.3 is 45.6 Å². The molecule has 6 aliphatic rings. The van der Waals surface area contributed by atoms with E-state index < -0.39 is 77.8 Å². The lowest BCUT2D eigenvalue weighted by Gasteiger charge is -2.48. The second-order valence-electron chi connectivity index (χ2n) is 27.0. The number of nitrogens with zero attached hydrogens (tertiary/aromatic N) is 4. The zero-order valence-electron chi connectivity index (χ0n) is 47.4. The molecule has 0 amide bonds. The van der Waals surface area contributed by atoms with Gasteiger partial charge in [0.15, 0.2) is 0 Å². The first-order chi connectivity index (χ1) is 33.6. The Morgan fingerprint density at radius 1 is 0.297 bits per heavy atom. The summed E-state index contributed by atoms with van der Waals surface area (Å²) in [6.07, 6.45) is -0.944. The third-order valence-electron chi connectivity index (χ3n) is 14.1. The molecular formula is C46H92N4O18P6. The fourth-order valence-electron chi connectivity index (χ4n) is 8.27. The van der Waals surface area contributed by atoms with E-state index in [0.29, 0.717) is 0 Å². The first-order valence-corrected chi connectivity index (χ1v) is 35.8. The van der Waals surface area contributed by atoms with E-state index >= 15 is 0 Å². The van der Waals surface area contributed by atoms with Crippen LogP contribution in [0.5, 0.6) is 0 Å². The highest BCUT2D eigenvalue weighted by molar-refractivity contribution is 7.57. The van der Waals surface area contributed by atoms with Crippen LogP contribution >= 0.6 is 45.6 Å². The lowest BCUT2D eigenvalue weighted by atomic mass is 9.97. The summed E-state index contributed by atoms with van der Waals surface area (Å²) in [4.78, 5) is 7.32. The predicted molar refractivity (Wildman–Crippen MR) is 284 cm³/mol. The van der Waals surface area contributed by atoms with Crippen LogP contribution in [0.2, 0.25) is 0 Å². The molecule has 434 valence electrons. The van der Waals surface area contributed by atoms with Crippen molar-refractivity contribution in [2.24, 2.45) is 32.5 Å². The maximum Gasteiger partial charge on any atom is 0.350 e. The van der Waals surface area contributed by atoms with Crippen molar-refractivity contribution < 1.29 is 81.7 Å². The van der Waals surface area contributed by atoms with Gasteiger partial charge in [0, 0.05) is 71.8 Å². The fourth-order valence-corrected chi connectivity index (χ4v) is 21.8. The molecule has 28 heteroatoms. The van der Waals surface area contributed by atoms with Gasteiger partial charge in [0.25, 0.3) is 0 Å². The van der Waals surface area contributed by atoms with Crippen molar-refractivity contribution in [3.63, 3.8) is 0 Å². The van der Waals surface area contributed by atoms with Gasteiger partial charge in [-0.3, -0.25) is 47.0 Å². The molecule has 6 aliphatic heterocycles. The lowest BCUT2D eigenvalue weighted by molar-refractivity contribution is 0.00852. The average molecular weight is 1180 g/mol. The molecule has 74 heavy (non-hydrogen) atoms. The molecule has 6 heterocycles. The zero-order valence-corrected chi connectivity index (χ0v) is 52.7. The molecule has 0 aromatic heterocycles. The van der Waals surface area contributed by atoms with Gasteiger partial charge in [0.2, 0.25) is 0 Å². The summed E-state index contributed by atoms with van der Waals surface area (Å²) in [5, 5.41) is -2.74. The van der Waals surface area contributed by atoms with Crippen LogP contribution in [0.1, 0.15) is 111 Å². The third kappa shape index (κ3) is 16.7. The molecule has 0 bridgehead atoms. The maximum atomic E-state index is 14.9. The molecule has 22 nitrogen and oxygen atoms in total. The summed E-state index contributed by atoms with van der Waals surface area (Å²) in [5.41, 5.74) is -2.35. The van der Waals surface area contributed by atoms with Gasteiger partial charge < -0.3 is 54.3 Å². The molecule has 0 aromatic carbocycles. The highest BCUT2D eigenvalue weighted by Gasteiger charge is 2.56. The van der Waals surface area contributed by atoms with Crippen LogP contribution < -0.4 is 0 Å². The quantitative estimate of drug-likeness (QED) is 0.0973. The monoisotopic (exact) mass is 1170 g/mol.